The number of aliphatic carboxylic acids is 1. The van der Waals surface area contributed by atoms with Crippen LogP contribution < -0.4 is 15.4 Å². The van der Waals surface area contributed by atoms with Crippen LogP contribution in [0.25, 0.3) is 16.7 Å². The number of aromatic nitrogens is 3. The second-order valence-electron chi connectivity index (χ2n) is 6.42. The van der Waals surface area contributed by atoms with E-state index in [9.17, 15) is 27.9 Å². The molecule has 0 fully saturated rings. The van der Waals surface area contributed by atoms with Gasteiger partial charge >= 0.3 is 6.18 Å². The maximum Gasteiger partial charge on any atom is 0.422 e. The van der Waals surface area contributed by atoms with Gasteiger partial charge in [0.25, 0.3) is 5.56 Å². The van der Waals surface area contributed by atoms with Crippen LogP contribution in [-0.4, -0.2) is 38.6 Å². The van der Waals surface area contributed by atoms with Crippen molar-refractivity contribution >= 4 is 28.8 Å². The molecule has 2 aromatic heterocycles. The van der Waals surface area contributed by atoms with Gasteiger partial charge in [0.2, 0.25) is 0 Å². The highest BCUT2D eigenvalue weighted by Crippen LogP contribution is 2.24. The van der Waals surface area contributed by atoms with E-state index in [1.807, 2.05) is 0 Å². The third-order valence-electron chi connectivity index (χ3n) is 4.12. The molecule has 160 valence electrons. The van der Waals surface area contributed by atoms with E-state index in [0.717, 1.165) is 0 Å². The van der Waals surface area contributed by atoms with E-state index in [-0.39, 0.29) is 17.7 Å². The standard InChI is InChI=1S/C19H18F3N3O4S/c1-24-9-8-14-16(24)17(28)25(18(23-14)30-10-2-3-15(26)27)12-4-6-13(7-5-12)29-11-19(20,21)22/h4-9H,2-3,10-11H2,1H3,(H,26,27)/p-1. The van der Waals surface area contributed by atoms with Gasteiger partial charge in [-0.25, -0.2) is 4.98 Å². The number of carbonyl (C=O) groups is 1. The van der Waals surface area contributed by atoms with Crippen molar-refractivity contribution in [3.8, 4) is 11.4 Å². The van der Waals surface area contributed by atoms with Crippen molar-refractivity contribution in [1.82, 2.24) is 14.1 Å². The zero-order valence-corrected chi connectivity index (χ0v) is 16.6. The number of thioether (sulfide) groups is 1. The lowest BCUT2D eigenvalue weighted by molar-refractivity contribution is -0.305. The molecule has 0 spiro atoms. The molecular formula is C19H17F3N3O4S-. The first-order chi connectivity index (χ1) is 14.2. The van der Waals surface area contributed by atoms with Crippen molar-refractivity contribution < 1.29 is 27.8 Å². The molecule has 3 rings (SSSR count). The molecule has 2 heterocycles. The van der Waals surface area contributed by atoms with Gasteiger partial charge in [-0.3, -0.25) is 9.36 Å². The molecule has 0 unspecified atom stereocenters. The highest BCUT2D eigenvalue weighted by atomic mass is 32.2. The van der Waals surface area contributed by atoms with E-state index in [1.165, 1.54) is 40.6 Å². The summed E-state index contributed by atoms with van der Waals surface area (Å²) in [5.41, 5.74) is 0.911. The summed E-state index contributed by atoms with van der Waals surface area (Å²) in [6.45, 7) is -1.41. The van der Waals surface area contributed by atoms with E-state index in [2.05, 4.69) is 4.98 Å². The molecule has 11 heteroatoms. The van der Waals surface area contributed by atoms with Crippen molar-refractivity contribution in [2.45, 2.75) is 24.2 Å². The Kier molecular flexibility index (Phi) is 6.40. The number of alkyl halides is 3. The third-order valence-corrected chi connectivity index (χ3v) is 5.14. The second kappa shape index (κ2) is 8.82. The van der Waals surface area contributed by atoms with Crippen molar-refractivity contribution in [3.05, 3.63) is 46.9 Å². The summed E-state index contributed by atoms with van der Waals surface area (Å²) in [5.74, 6) is -0.750. The van der Waals surface area contributed by atoms with Crippen molar-refractivity contribution in [2.24, 2.45) is 7.05 Å². The molecule has 3 aromatic rings. The van der Waals surface area contributed by atoms with Crippen molar-refractivity contribution in [3.63, 3.8) is 0 Å². The number of aryl methyl sites for hydroxylation is 1. The van der Waals surface area contributed by atoms with Gasteiger partial charge in [-0.1, -0.05) is 11.8 Å². The monoisotopic (exact) mass is 440 g/mol. The minimum Gasteiger partial charge on any atom is -0.550 e. The summed E-state index contributed by atoms with van der Waals surface area (Å²) in [6, 6.07) is 7.31. The Hall–Kier alpha value is -2.95. The van der Waals surface area contributed by atoms with Gasteiger partial charge < -0.3 is 19.2 Å². The van der Waals surface area contributed by atoms with Crippen LogP contribution in [0.4, 0.5) is 13.2 Å². The van der Waals surface area contributed by atoms with Crippen LogP contribution in [0.1, 0.15) is 12.8 Å². The van der Waals surface area contributed by atoms with Gasteiger partial charge in [0, 0.05) is 25.0 Å². The first-order valence-corrected chi connectivity index (χ1v) is 9.85. The fourth-order valence-corrected chi connectivity index (χ4v) is 3.73. The van der Waals surface area contributed by atoms with E-state index < -0.39 is 18.8 Å². The number of nitrogens with zero attached hydrogens (tertiary/aromatic N) is 3. The van der Waals surface area contributed by atoms with Gasteiger partial charge in [-0.2, -0.15) is 13.2 Å². The summed E-state index contributed by atoms with van der Waals surface area (Å²) in [6.07, 6.45) is -2.54. The number of halogens is 3. The van der Waals surface area contributed by atoms with E-state index in [1.54, 1.807) is 23.9 Å². The van der Waals surface area contributed by atoms with E-state index in [0.29, 0.717) is 34.1 Å². The predicted molar refractivity (Wildman–Crippen MR) is 103 cm³/mol. The normalized spacial score (nSPS) is 11.7. The Morgan fingerprint density at radius 2 is 1.93 bits per heavy atom. The number of benzene rings is 1. The minimum atomic E-state index is -4.45. The number of fused-ring (bicyclic) bond motifs is 1. The topological polar surface area (TPSA) is 89.2 Å². The summed E-state index contributed by atoms with van der Waals surface area (Å²) in [4.78, 5) is 28.2. The Morgan fingerprint density at radius 3 is 2.57 bits per heavy atom. The molecule has 1 aromatic carbocycles. The largest absolute Gasteiger partial charge is 0.550 e. The van der Waals surface area contributed by atoms with Crippen LogP contribution in [0.3, 0.4) is 0 Å². The number of hydrogen-bond donors (Lipinski definition) is 0. The Morgan fingerprint density at radius 1 is 1.23 bits per heavy atom. The summed E-state index contributed by atoms with van der Waals surface area (Å²) >= 11 is 1.21. The van der Waals surface area contributed by atoms with Gasteiger partial charge in [-0.15, -0.1) is 0 Å². The fourth-order valence-electron chi connectivity index (χ4n) is 2.77. The number of carboxylic acid groups (broad SMARTS) is 1. The number of ether oxygens (including phenoxy) is 1. The molecule has 0 amide bonds. The number of hydrogen-bond acceptors (Lipinski definition) is 6. The second-order valence-corrected chi connectivity index (χ2v) is 7.48. The van der Waals surface area contributed by atoms with Crippen LogP contribution in [0.15, 0.2) is 46.5 Å². The zero-order chi connectivity index (χ0) is 21.9. The minimum absolute atomic E-state index is 0.0141. The maximum absolute atomic E-state index is 13.1. The molecule has 0 N–H and O–H groups in total. The highest BCUT2D eigenvalue weighted by Gasteiger charge is 2.28. The molecule has 0 radical (unpaired) electrons. The lowest BCUT2D eigenvalue weighted by atomic mass is 10.3. The van der Waals surface area contributed by atoms with Crippen LogP contribution >= 0.6 is 11.8 Å². The van der Waals surface area contributed by atoms with Crippen LogP contribution in [0.2, 0.25) is 0 Å². The van der Waals surface area contributed by atoms with E-state index >= 15 is 0 Å². The molecule has 0 atom stereocenters. The summed E-state index contributed by atoms with van der Waals surface area (Å²) < 4.78 is 44.6. The molecule has 30 heavy (non-hydrogen) atoms. The summed E-state index contributed by atoms with van der Waals surface area (Å²) in [5, 5.41) is 10.9. The average molecular weight is 440 g/mol. The first kappa shape index (κ1) is 21.8. The highest BCUT2D eigenvalue weighted by molar-refractivity contribution is 7.99. The van der Waals surface area contributed by atoms with Crippen molar-refractivity contribution in [1.29, 1.82) is 0 Å². The lowest BCUT2D eigenvalue weighted by Crippen LogP contribution is -2.23. The fraction of sp³-hybridized carbons (Fsp3) is 0.316. The molecule has 0 bridgehead atoms. The molecule has 0 aliphatic heterocycles. The van der Waals surface area contributed by atoms with Crippen LogP contribution in [0.5, 0.6) is 5.75 Å². The van der Waals surface area contributed by atoms with Gasteiger partial charge in [0.1, 0.15) is 11.3 Å². The van der Waals surface area contributed by atoms with Gasteiger partial charge in [0.15, 0.2) is 11.8 Å². The zero-order valence-electron chi connectivity index (χ0n) is 15.8. The summed E-state index contributed by atoms with van der Waals surface area (Å²) in [7, 11) is 1.70. The molecule has 7 nitrogen and oxygen atoms in total. The molecule has 0 aliphatic rings. The Bertz CT molecular complexity index is 1110. The number of carbonyl (C=O) groups excluding carboxylic acids is 1. The molecule has 0 saturated heterocycles. The average Bonchev–Trinajstić information content (AvgIpc) is 3.04. The smallest absolute Gasteiger partial charge is 0.422 e. The quantitative estimate of drug-likeness (QED) is 0.303. The SMILES string of the molecule is Cn1ccc2nc(SCCCC(=O)[O-])n(-c3ccc(OCC(F)(F)F)cc3)c(=O)c21. The van der Waals surface area contributed by atoms with Crippen molar-refractivity contribution in [2.75, 3.05) is 12.4 Å². The molecular weight excluding hydrogens is 423 g/mol. The Labute approximate surface area is 173 Å². The lowest BCUT2D eigenvalue weighted by Gasteiger charge is -2.14. The molecule has 0 saturated carbocycles. The van der Waals surface area contributed by atoms with Gasteiger partial charge in [0.05, 0.1) is 11.2 Å². The maximum atomic E-state index is 13.1. The van der Waals surface area contributed by atoms with Crippen LogP contribution in [0, 0.1) is 0 Å². The third kappa shape index (κ3) is 5.15. The van der Waals surface area contributed by atoms with E-state index in [4.69, 9.17) is 4.74 Å². The molecule has 0 aliphatic carbocycles. The number of carboxylic acids is 1. The Balaban J connectivity index is 1.95. The number of rotatable bonds is 8. The predicted octanol–water partition coefficient (Wildman–Crippen LogP) is 2.29. The van der Waals surface area contributed by atoms with Gasteiger partial charge in [-0.05, 0) is 43.2 Å². The first-order valence-electron chi connectivity index (χ1n) is 8.86. The van der Waals surface area contributed by atoms with Crippen LogP contribution in [-0.2, 0) is 11.8 Å².